The van der Waals surface area contributed by atoms with Gasteiger partial charge in [-0.15, -0.1) is 0 Å². The van der Waals surface area contributed by atoms with Crippen LogP contribution in [0.2, 0.25) is 0 Å². The van der Waals surface area contributed by atoms with Crippen LogP contribution in [0.15, 0.2) is 60.7 Å². The Morgan fingerprint density at radius 2 is 1.86 bits per heavy atom. The van der Waals surface area contributed by atoms with Gasteiger partial charge in [0, 0.05) is 5.56 Å². The molecular formula is C17H14N2O3. The lowest BCUT2D eigenvalue weighted by Crippen LogP contribution is -2.07. The minimum absolute atomic E-state index is 0.115. The summed E-state index contributed by atoms with van der Waals surface area (Å²) in [7, 11) is 1.59. The summed E-state index contributed by atoms with van der Waals surface area (Å²) in [4.78, 5) is 11.5. The highest BCUT2D eigenvalue weighted by Gasteiger charge is 2.16. The number of para-hydroxylation sites is 1. The van der Waals surface area contributed by atoms with Gasteiger partial charge in [0.2, 0.25) is 0 Å². The molecule has 0 unspecified atom stereocenters. The van der Waals surface area contributed by atoms with Crippen molar-refractivity contribution in [1.29, 1.82) is 0 Å². The smallest absolute Gasteiger partial charge is 0.354 e. The van der Waals surface area contributed by atoms with E-state index in [4.69, 9.17) is 4.74 Å². The predicted molar refractivity (Wildman–Crippen MR) is 82.5 cm³/mol. The summed E-state index contributed by atoms with van der Waals surface area (Å²) in [5.74, 6) is -0.325. The maximum Gasteiger partial charge on any atom is 0.354 e. The Morgan fingerprint density at radius 1 is 1.09 bits per heavy atom. The highest BCUT2D eigenvalue weighted by molar-refractivity contribution is 5.88. The molecule has 3 aromatic rings. The molecule has 0 aliphatic rings. The molecule has 22 heavy (non-hydrogen) atoms. The Balaban J connectivity index is 2.13. The van der Waals surface area contributed by atoms with E-state index in [2.05, 4.69) is 5.10 Å². The van der Waals surface area contributed by atoms with E-state index >= 15 is 0 Å². The summed E-state index contributed by atoms with van der Waals surface area (Å²) >= 11 is 0. The summed E-state index contributed by atoms with van der Waals surface area (Å²) in [5.41, 5.74) is 2.20. The Morgan fingerprint density at radius 3 is 2.55 bits per heavy atom. The number of nitrogens with zero attached hydrogens (tertiary/aromatic N) is 2. The molecule has 1 N–H and O–H groups in total. The molecule has 0 atom stereocenters. The Bertz CT molecular complexity index is 810. The molecule has 1 aromatic heterocycles. The van der Waals surface area contributed by atoms with E-state index in [0.717, 1.165) is 5.56 Å². The maximum absolute atomic E-state index is 11.5. The molecule has 3 rings (SSSR count). The number of carboxylic acid groups (broad SMARTS) is 1. The van der Waals surface area contributed by atoms with E-state index in [0.29, 0.717) is 17.1 Å². The molecule has 0 bridgehead atoms. The highest BCUT2D eigenvalue weighted by atomic mass is 16.5. The van der Waals surface area contributed by atoms with E-state index in [1.807, 2.05) is 54.6 Å². The summed E-state index contributed by atoms with van der Waals surface area (Å²) < 4.78 is 6.62. The monoisotopic (exact) mass is 294 g/mol. The van der Waals surface area contributed by atoms with Crippen LogP contribution in [0, 0.1) is 0 Å². The average Bonchev–Trinajstić information content (AvgIpc) is 3.01. The van der Waals surface area contributed by atoms with Crippen molar-refractivity contribution in [2.75, 3.05) is 7.11 Å². The van der Waals surface area contributed by atoms with Gasteiger partial charge in [-0.1, -0.05) is 30.3 Å². The number of aromatic nitrogens is 2. The fourth-order valence-electron chi connectivity index (χ4n) is 2.22. The zero-order valence-electron chi connectivity index (χ0n) is 11.9. The third kappa shape index (κ3) is 2.56. The normalized spacial score (nSPS) is 10.4. The second-order valence-electron chi connectivity index (χ2n) is 4.70. The molecule has 2 aromatic carbocycles. The van der Waals surface area contributed by atoms with Crippen molar-refractivity contribution in [3.8, 4) is 22.7 Å². The largest absolute Gasteiger partial charge is 0.497 e. The lowest BCUT2D eigenvalue weighted by atomic mass is 10.1. The Hall–Kier alpha value is -3.08. The molecule has 0 spiro atoms. The number of hydrogen-bond donors (Lipinski definition) is 1. The third-order valence-electron chi connectivity index (χ3n) is 3.29. The number of carbonyl (C=O) groups is 1. The van der Waals surface area contributed by atoms with Crippen LogP contribution in [0.25, 0.3) is 16.9 Å². The molecule has 1 heterocycles. The number of benzene rings is 2. The van der Waals surface area contributed by atoms with Gasteiger partial charge in [-0.2, -0.15) is 5.10 Å². The highest BCUT2D eigenvalue weighted by Crippen LogP contribution is 2.25. The molecule has 0 aliphatic carbocycles. The van der Waals surface area contributed by atoms with Gasteiger partial charge in [-0.25, -0.2) is 9.48 Å². The Labute approximate surface area is 127 Å². The van der Waals surface area contributed by atoms with E-state index in [-0.39, 0.29) is 5.69 Å². The molecule has 0 saturated heterocycles. The van der Waals surface area contributed by atoms with Crippen LogP contribution < -0.4 is 4.74 Å². The fraction of sp³-hybridized carbons (Fsp3) is 0.0588. The van der Waals surface area contributed by atoms with Crippen molar-refractivity contribution < 1.29 is 14.6 Å². The minimum Gasteiger partial charge on any atom is -0.497 e. The van der Waals surface area contributed by atoms with Crippen molar-refractivity contribution >= 4 is 5.97 Å². The first kappa shape index (κ1) is 13.9. The number of hydrogen-bond acceptors (Lipinski definition) is 3. The van der Waals surface area contributed by atoms with Crippen molar-refractivity contribution in [2.45, 2.75) is 0 Å². The molecular weight excluding hydrogens is 280 g/mol. The topological polar surface area (TPSA) is 64.3 Å². The lowest BCUT2D eigenvalue weighted by molar-refractivity contribution is 0.0687. The van der Waals surface area contributed by atoms with Crippen LogP contribution in [0.1, 0.15) is 10.5 Å². The minimum atomic E-state index is -1.02. The first-order valence-corrected chi connectivity index (χ1v) is 6.72. The van der Waals surface area contributed by atoms with Crippen molar-refractivity contribution in [2.24, 2.45) is 0 Å². The predicted octanol–water partition coefficient (Wildman–Crippen LogP) is 3.25. The lowest BCUT2D eigenvalue weighted by Gasteiger charge is -2.04. The van der Waals surface area contributed by atoms with E-state index < -0.39 is 5.97 Å². The molecule has 0 amide bonds. The van der Waals surface area contributed by atoms with E-state index in [9.17, 15) is 9.90 Å². The molecule has 5 nitrogen and oxygen atoms in total. The Kier molecular flexibility index (Phi) is 3.62. The van der Waals surface area contributed by atoms with Crippen molar-refractivity contribution in [1.82, 2.24) is 9.78 Å². The fourth-order valence-corrected chi connectivity index (χ4v) is 2.22. The average molecular weight is 294 g/mol. The molecule has 0 fully saturated rings. The number of rotatable bonds is 4. The zero-order chi connectivity index (χ0) is 15.5. The van der Waals surface area contributed by atoms with Gasteiger partial charge in [0.1, 0.15) is 5.75 Å². The number of aromatic carboxylic acids is 1. The summed E-state index contributed by atoms with van der Waals surface area (Å²) in [6.45, 7) is 0. The summed E-state index contributed by atoms with van der Waals surface area (Å²) in [6.07, 6.45) is 0. The summed E-state index contributed by atoms with van der Waals surface area (Å²) in [6, 6.07) is 18.1. The first-order chi connectivity index (χ1) is 10.7. The third-order valence-corrected chi connectivity index (χ3v) is 3.29. The first-order valence-electron chi connectivity index (χ1n) is 6.72. The van der Waals surface area contributed by atoms with Crippen LogP contribution in [0.3, 0.4) is 0 Å². The summed E-state index contributed by atoms with van der Waals surface area (Å²) in [5, 5.41) is 13.8. The SMILES string of the molecule is COc1cccc(-c2cc(C(=O)O)n(-c3ccccc3)n2)c1. The molecule has 0 saturated carbocycles. The maximum atomic E-state index is 11.5. The van der Waals surface area contributed by atoms with Crippen LogP contribution in [0.4, 0.5) is 0 Å². The molecule has 110 valence electrons. The van der Waals surface area contributed by atoms with Gasteiger partial charge in [-0.05, 0) is 30.3 Å². The number of methoxy groups -OCH3 is 1. The van der Waals surface area contributed by atoms with E-state index in [1.165, 1.54) is 4.68 Å². The van der Waals surface area contributed by atoms with Crippen LogP contribution >= 0.6 is 0 Å². The van der Waals surface area contributed by atoms with Gasteiger partial charge >= 0.3 is 5.97 Å². The van der Waals surface area contributed by atoms with Gasteiger partial charge in [0.15, 0.2) is 5.69 Å². The van der Waals surface area contributed by atoms with Crippen LogP contribution in [0.5, 0.6) is 5.75 Å². The van der Waals surface area contributed by atoms with E-state index in [1.54, 1.807) is 13.2 Å². The number of ether oxygens (including phenoxy) is 1. The number of carboxylic acids is 1. The van der Waals surface area contributed by atoms with Crippen molar-refractivity contribution in [3.63, 3.8) is 0 Å². The molecule has 0 radical (unpaired) electrons. The second kappa shape index (κ2) is 5.73. The van der Waals surface area contributed by atoms with Crippen LogP contribution in [-0.2, 0) is 0 Å². The molecule has 0 aliphatic heterocycles. The quantitative estimate of drug-likeness (QED) is 0.802. The zero-order valence-corrected chi connectivity index (χ0v) is 11.9. The van der Waals surface area contributed by atoms with Gasteiger partial charge in [0.05, 0.1) is 18.5 Å². The van der Waals surface area contributed by atoms with Gasteiger partial charge in [0.25, 0.3) is 0 Å². The molecule has 5 heteroatoms. The van der Waals surface area contributed by atoms with Gasteiger partial charge < -0.3 is 9.84 Å². The van der Waals surface area contributed by atoms with Crippen LogP contribution in [-0.4, -0.2) is 28.0 Å². The standard InChI is InChI=1S/C17H14N2O3/c1-22-14-9-5-6-12(10-14)15-11-16(17(20)21)19(18-15)13-7-3-2-4-8-13/h2-11H,1H3,(H,20,21). The second-order valence-corrected chi connectivity index (χ2v) is 4.70. The van der Waals surface area contributed by atoms with Gasteiger partial charge in [-0.3, -0.25) is 0 Å². The van der Waals surface area contributed by atoms with Crippen molar-refractivity contribution in [3.05, 3.63) is 66.4 Å².